The molecule has 0 bridgehead atoms. The van der Waals surface area contributed by atoms with Gasteiger partial charge in [-0.3, -0.25) is 4.79 Å². The van der Waals surface area contributed by atoms with E-state index in [1.165, 1.54) is 29.5 Å². The fourth-order valence-electron chi connectivity index (χ4n) is 2.47. The number of aliphatic carboxylic acids is 1. The molecule has 25 heavy (non-hydrogen) atoms. The van der Waals surface area contributed by atoms with Crippen molar-refractivity contribution in [1.82, 2.24) is 0 Å². The van der Waals surface area contributed by atoms with Crippen LogP contribution in [0.25, 0.3) is 10.1 Å². The van der Waals surface area contributed by atoms with E-state index in [0.717, 1.165) is 4.70 Å². The van der Waals surface area contributed by atoms with Gasteiger partial charge in [-0.25, -0.2) is 4.39 Å². The van der Waals surface area contributed by atoms with Gasteiger partial charge >= 0.3 is 5.97 Å². The average Bonchev–Trinajstić information content (AvgIpc) is 2.95. The van der Waals surface area contributed by atoms with Gasteiger partial charge in [0.05, 0.1) is 23.1 Å². The van der Waals surface area contributed by atoms with Crippen LogP contribution >= 0.6 is 22.9 Å². The Balaban J connectivity index is 1.90. The summed E-state index contributed by atoms with van der Waals surface area (Å²) in [5, 5.41) is 21.0. The summed E-state index contributed by atoms with van der Waals surface area (Å²) >= 11 is 7.33. The van der Waals surface area contributed by atoms with Gasteiger partial charge in [-0.2, -0.15) is 5.26 Å². The summed E-state index contributed by atoms with van der Waals surface area (Å²) in [5.74, 6) is -0.908. The standard InChI is InChI=1S/C18H11ClFNO3S/c19-15-5-13(20)2-1-10(15)8-24-14-3-11(7-21)18-12(4-17(22)23)9-25-16(18)6-14/h1-3,5-6,9H,4,8H2,(H,22,23). The van der Waals surface area contributed by atoms with Gasteiger partial charge in [0, 0.05) is 15.6 Å². The molecule has 1 aromatic heterocycles. The zero-order chi connectivity index (χ0) is 18.0. The Kier molecular flexibility index (Phi) is 4.88. The predicted octanol–water partition coefficient (Wildman–Crippen LogP) is 4.77. The lowest BCUT2D eigenvalue weighted by molar-refractivity contribution is -0.136. The lowest BCUT2D eigenvalue weighted by Gasteiger charge is -2.09. The highest BCUT2D eigenvalue weighted by Gasteiger charge is 2.14. The molecule has 3 rings (SSSR count). The van der Waals surface area contributed by atoms with Crippen LogP contribution in [0.1, 0.15) is 16.7 Å². The van der Waals surface area contributed by atoms with Crippen molar-refractivity contribution in [3.63, 3.8) is 0 Å². The molecule has 126 valence electrons. The van der Waals surface area contributed by atoms with Gasteiger partial charge in [-0.05, 0) is 35.2 Å². The van der Waals surface area contributed by atoms with E-state index in [-0.39, 0.29) is 18.1 Å². The summed E-state index contributed by atoms with van der Waals surface area (Å²) in [6, 6.07) is 9.45. The maximum absolute atomic E-state index is 13.1. The van der Waals surface area contributed by atoms with E-state index >= 15 is 0 Å². The van der Waals surface area contributed by atoms with Gasteiger partial charge in [-0.15, -0.1) is 11.3 Å². The van der Waals surface area contributed by atoms with Gasteiger partial charge in [-0.1, -0.05) is 17.7 Å². The minimum Gasteiger partial charge on any atom is -0.489 e. The van der Waals surface area contributed by atoms with Crippen LogP contribution in [0.15, 0.2) is 35.7 Å². The van der Waals surface area contributed by atoms with Crippen LogP contribution in [0.5, 0.6) is 5.75 Å². The monoisotopic (exact) mass is 375 g/mol. The van der Waals surface area contributed by atoms with E-state index < -0.39 is 11.8 Å². The number of hydrogen-bond donors (Lipinski definition) is 1. The number of fused-ring (bicyclic) bond motifs is 1. The van der Waals surface area contributed by atoms with Crippen LogP contribution in [-0.4, -0.2) is 11.1 Å². The maximum Gasteiger partial charge on any atom is 0.307 e. The minimum absolute atomic E-state index is 0.128. The molecule has 0 saturated heterocycles. The zero-order valence-corrected chi connectivity index (χ0v) is 14.3. The SMILES string of the molecule is N#Cc1cc(OCc2ccc(F)cc2Cl)cc2scc(CC(=O)O)c12. The summed E-state index contributed by atoms with van der Waals surface area (Å²) in [6.07, 6.45) is -0.139. The Labute approximate surface area is 151 Å². The van der Waals surface area contributed by atoms with Crippen molar-refractivity contribution in [3.8, 4) is 11.8 Å². The molecule has 1 heterocycles. The van der Waals surface area contributed by atoms with Crippen molar-refractivity contribution < 1.29 is 19.0 Å². The first-order valence-electron chi connectivity index (χ1n) is 7.20. The van der Waals surface area contributed by atoms with Crippen molar-refractivity contribution in [3.05, 3.63) is 63.2 Å². The van der Waals surface area contributed by atoms with Crippen molar-refractivity contribution in [2.24, 2.45) is 0 Å². The van der Waals surface area contributed by atoms with Crippen molar-refractivity contribution in [2.45, 2.75) is 13.0 Å². The van der Waals surface area contributed by atoms with E-state index in [2.05, 4.69) is 6.07 Å². The van der Waals surface area contributed by atoms with Crippen molar-refractivity contribution in [2.75, 3.05) is 0 Å². The molecular formula is C18H11ClFNO3S. The van der Waals surface area contributed by atoms with Gasteiger partial charge in [0.1, 0.15) is 18.2 Å². The molecule has 0 radical (unpaired) electrons. The number of nitriles is 1. The number of rotatable bonds is 5. The van der Waals surface area contributed by atoms with Crippen LogP contribution in [0, 0.1) is 17.1 Å². The highest BCUT2D eigenvalue weighted by atomic mass is 35.5. The first-order valence-corrected chi connectivity index (χ1v) is 8.46. The molecule has 7 heteroatoms. The third kappa shape index (κ3) is 3.73. The van der Waals surface area contributed by atoms with E-state index in [0.29, 0.717) is 27.8 Å². The highest BCUT2D eigenvalue weighted by Crippen LogP contribution is 2.33. The number of ether oxygens (including phenoxy) is 1. The number of thiophene rings is 1. The number of hydrogen-bond acceptors (Lipinski definition) is 4. The quantitative estimate of drug-likeness (QED) is 0.697. The maximum atomic E-state index is 13.1. The lowest BCUT2D eigenvalue weighted by atomic mass is 10.0. The average molecular weight is 376 g/mol. The topological polar surface area (TPSA) is 70.3 Å². The van der Waals surface area contributed by atoms with Crippen LogP contribution in [0.3, 0.4) is 0 Å². The fraction of sp³-hybridized carbons (Fsp3) is 0.111. The molecule has 0 fully saturated rings. The summed E-state index contributed by atoms with van der Waals surface area (Å²) in [5.41, 5.74) is 1.59. The van der Waals surface area contributed by atoms with Crippen molar-refractivity contribution in [1.29, 1.82) is 5.26 Å². The molecule has 3 aromatic rings. The summed E-state index contributed by atoms with van der Waals surface area (Å²) in [7, 11) is 0. The molecule has 0 unspecified atom stereocenters. The number of benzene rings is 2. The minimum atomic E-state index is -0.949. The van der Waals surface area contributed by atoms with Gasteiger partial charge in [0.15, 0.2) is 0 Å². The fourth-order valence-corrected chi connectivity index (χ4v) is 3.71. The first kappa shape index (κ1) is 17.2. The second-order valence-corrected chi connectivity index (χ2v) is 6.63. The lowest BCUT2D eigenvalue weighted by Crippen LogP contribution is -2.00. The van der Waals surface area contributed by atoms with Crippen LogP contribution in [0.4, 0.5) is 4.39 Å². The summed E-state index contributed by atoms with van der Waals surface area (Å²) < 4.78 is 19.5. The molecule has 0 spiro atoms. The van der Waals surface area contributed by atoms with Crippen molar-refractivity contribution >= 4 is 39.0 Å². The highest BCUT2D eigenvalue weighted by molar-refractivity contribution is 7.17. The number of carbonyl (C=O) groups is 1. The zero-order valence-electron chi connectivity index (χ0n) is 12.8. The summed E-state index contributed by atoms with van der Waals surface area (Å²) in [4.78, 5) is 10.9. The molecule has 0 aliphatic carbocycles. The number of nitrogens with zero attached hydrogens (tertiary/aromatic N) is 1. The van der Waals surface area contributed by atoms with E-state index in [9.17, 15) is 14.4 Å². The molecule has 1 N–H and O–H groups in total. The number of carboxylic acid groups (broad SMARTS) is 1. The van der Waals surface area contributed by atoms with Crippen LogP contribution < -0.4 is 4.74 Å². The van der Waals surface area contributed by atoms with E-state index in [1.54, 1.807) is 17.5 Å². The first-order chi connectivity index (χ1) is 12.0. The third-order valence-electron chi connectivity index (χ3n) is 3.60. The Morgan fingerprint density at radius 2 is 2.12 bits per heavy atom. The van der Waals surface area contributed by atoms with Gasteiger partial charge < -0.3 is 9.84 Å². The Bertz CT molecular complexity index is 1010. The molecule has 4 nitrogen and oxygen atoms in total. The van der Waals surface area contributed by atoms with E-state index in [1.807, 2.05) is 0 Å². The van der Waals surface area contributed by atoms with E-state index in [4.69, 9.17) is 21.4 Å². The second kappa shape index (κ2) is 7.09. The predicted molar refractivity (Wildman–Crippen MR) is 93.6 cm³/mol. The largest absolute Gasteiger partial charge is 0.489 e. The second-order valence-electron chi connectivity index (χ2n) is 5.31. The van der Waals surface area contributed by atoms with Gasteiger partial charge in [0.25, 0.3) is 0 Å². The number of carboxylic acids is 1. The Morgan fingerprint density at radius 3 is 2.80 bits per heavy atom. The number of halogens is 2. The van der Waals surface area contributed by atoms with Gasteiger partial charge in [0.2, 0.25) is 0 Å². The molecular weight excluding hydrogens is 365 g/mol. The normalized spacial score (nSPS) is 10.6. The third-order valence-corrected chi connectivity index (χ3v) is 4.93. The molecule has 0 aliphatic heterocycles. The smallest absolute Gasteiger partial charge is 0.307 e. The molecule has 0 amide bonds. The Hall–Kier alpha value is -2.62. The molecule has 0 aliphatic rings. The Morgan fingerprint density at radius 1 is 1.32 bits per heavy atom. The molecule has 0 saturated carbocycles. The molecule has 0 atom stereocenters. The summed E-state index contributed by atoms with van der Waals surface area (Å²) in [6.45, 7) is 0.128. The van der Waals surface area contributed by atoms with Crippen LogP contribution in [-0.2, 0) is 17.8 Å². The molecule has 2 aromatic carbocycles. The van der Waals surface area contributed by atoms with Crippen LogP contribution in [0.2, 0.25) is 5.02 Å².